The van der Waals surface area contributed by atoms with Crippen molar-refractivity contribution in [3.05, 3.63) is 29.8 Å². The molecule has 0 radical (unpaired) electrons. The predicted molar refractivity (Wildman–Crippen MR) is 72.8 cm³/mol. The third-order valence-electron chi connectivity index (χ3n) is 2.70. The van der Waals surface area contributed by atoms with E-state index in [-0.39, 0.29) is 37.3 Å². The van der Waals surface area contributed by atoms with Crippen molar-refractivity contribution in [3.8, 4) is 5.75 Å². The summed E-state index contributed by atoms with van der Waals surface area (Å²) < 4.78 is 43.2. The van der Waals surface area contributed by atoms with Gasteiger partial charge in [0.15, 0.2) is 0 Å². The van der Waals surface area contributed by atoms with E-state index >= 15 is 0 Å². The van der Waals surface area contributed by atoms with E-state index in [0.29, 0.717) is 6.42 Å². The van der Waals surface area contributed by atoms with Crippen molar-refractivity contribution in [3.63, 3.8) is 0 Å². The lowest BCUT2D eigenvalue weighted by Gasteiger charge is -2.14. The molecule has 3 N–H and O–H groups in total. The molecule has 1 rings (SSSR count). The van der Waals surface area contributed by atoms with Gasteiger partial charge in [-0.25, -0.2) is 0 Å². The Kier molecular flexibility index (Phi) is 6.48. The number of benzene rings is 1. The van der Waals surface area contributed by atoms with E-state index in [1.807, 2.05) is 0 Å². The fourth-order valence-corrected chi connectivity index (χ4v) is 1.63. The molecule has 0 fully saturated rings. The maximum Gasteiger partial charge on any atom is 0.419 e. The Hall–Kier alpha value is -1.76. The molecule has 0 aliphatic heterocycles. The number of carbonyl (C=O) groups excluding carboxylic acids is 1. The van der Waals surface area contributed by atoms with Gasteiger partial charge in [-0.1, -0.05) is 12.1 Å². The van der Waals surface area contributed by atoms with E-state index < -0.39 is 11.7 Å². The molecule has 1 aromatic rings. The summed E-state index contributed by atoms with van der Waals surface area (Å²) in [6.45, 7) is 1.91. The van der Waals surface area contributed by atoms with Gasteiger partial charge in [-0.2, -0.15) is 13.2 Å². The number of para-hydroxylation sites is 1. The molecule has 1 atom stereocenters. The molecular formula is C14H19F3N2O2. The molecule has 0 spiro atoms. The van der Waals surface area contributed by atoms with Crippen molar-refractivity contribution in [1.82, 2.24) is 5.32 Å². The van der Waals surface area contributed by atoms with Crippen LogP contribution in [0, 0.1) is 0 Å². The number of nitrogens with one attached hydrogen (secondary N) is 1. The first-order valence-electron chi connectivity index (χ1n) is 6.62. The normalized spacial score (nSPS) is 12.8. The van der Waals surface area contributed by atoms with Crippen LogP contribution in [0.3, 0.4) is 0 Å². The van der Waals surface area contributed by atoms with Gasteiger partial charge < -0.3 is 15.8 Å². The second-order valence-corrected chi connectivity index (χ2v) is 4.71. The summed E-state index contributed by atoms with van der Waals surface area (Å²) in [6.07, 6.45) is -3.61. The first kappa shape index (κ1) is 17.3. The topological polar surface area (TPSA) is 64.4 Å². The van der Waals surface area contributed by atoms with Gasteiger partial charge in [0.25, 0.3) is 0 Å². The molecule has 0 heterocycles. The Bertz CT molecular complexity index is 462. The number of hydrogen-bond donors (Lipinski definition) is 2. The van der Waals surface area contributed by atoms with Crippen molar-refractivity contribution >= 4 is 5.91 Å². The number of nitrogens with two attached hydrogens (primary N) is 1. The van der Waals surface area contributed by atoms with Crippen LogP contribution in [0.25, 0.3) is 0 Å². The Morgan fingerprint density at radius 3 is 2.67 bits per heavy atom. The van der Waals surface area contributed by atoms with Crippen molar-refractivity contribution in [1.29, 1.82) is 0 Å². The summed E-state index contributed by atoms with van der Waals surface area (Å²) in [5.41, 5.74) is 4.69. The zero-order valence-electron chi connectivity index (χ0n) is 11.7. The smallest absolute Gasteiger partial charge is 0.419 e. The molecule has 4 nitrogen and oxygen atoms in total. The van der Waals surface area contributed by atoms with Crippen LogP contribution < -0.4 is 15.8 Å². The molecule has 7 heteroatoms. The number of rotatable bonds is 7. The van der Waals surface area contributed by atoms with Crippen LogP contribution in [-0.2, 0) is 11.0 Å². The molecule has 118 valence electrons. The monoisotopic (exact) mass is 304 g/mol. The number of alkyl halides is 3. The van der Waals surface area contributed by atoms with Crippen LogP contribution in [0.4, 0.5) is 13.2 Å². The Morgan fingerprint density at radius 2 is 2.05 bits per heavy atom. The zero-order valence-corrected chi connectivity index (χ0v) is 11.7. The maximum absolute atomic E-state index is 12.7. The molecule has 0 saturated carbocycles. The lowest BCUT2D eigenvalue weighted by Crippen LogP contribution is -2.29. The Morgan fingerprint density at radius 1 is 1.38 bits per heavy atom. The minimum atomic E-state index is -4.46. The highest BCUT2D eigenvalue weighted by Crippen LogP contribution is 2.35. The van der Waals surface area contributed by atoms with E-state index in [9.17, 15) is 18.0 Å². The lowest BCUT2D eigenvalue weighted by atomic mass is 10.2. The standard InChI is InChI=1S/C14H19F3N2O2/c1-10(18)6-7-13(20)19-8-9-21-12-5-3-2-4-11(12)14(15,16)17/h2-5,10H,6-9,18H2,1H3,(H,19,20). The highest BCUT2D eigenvalue weighted by atomic mass is 19.4. The molecule has 0 saturated heterocycles. The molecule has 1 unspecified atom stereocenters. The SMILES string of the molecule is CC(N)CCC(=O)NCCOc1ccccc1C(F)(F)F. The minimum Gasteiger partial charge on any atom is -0.491 e. The number of hydrogen-bond acceptors (Lipinski definition) is 3. The van der Waals surface area contributed by atoms with Crippen LogP contribution in [0.1, 0.15) is 25.3 Å². The average molecular weight is 304 g/mol. The van der Waals surface area contributed by atoms with Gasteiger partial charge in [0.05, 0.1) is 12.1 Å². The largest absolute Gasteiger partial charge is 0.491 e. The average Bonchev–Trinajstić information content (AvgIpc) is 2.40. The maximum atomic E-state index is 12.7. The number of carbonyl (C=O) groups is 1. The summed E-state index contributed by atoms with van der Waals surface area (Å²) in [4.78, 5) is 11.4. The van der Waals surface area contributed by atoms with E-state index in [2.05, 4.69) is 5.32 Å². The second-order valence-electron chi connectivity index (χ2n) is 4.71. The molecule has 0 aliphatic rings. The number of halogens is 3. The molecule has 1 aromatic carbocycles. The van der Waals surface area contributed by atoms with Crippen LogP contribution >= 0.6 is 0 Å². The van der Waals surface area contributed by atoms with Crippen LogP contribution in [-0.4, -0.2) is 25.1 Å². The van der Waals surface area contributed by atoms with Crippen molar-refractivity contribution < 1.29 is 22.7 Å². The zero-order chi connectivity index (χ0) is 15.9. The quantitative estimate of drug-likeness (QED) is 0.760. The fourth-order valence-electron chi connectivity index (χ4n) is 1.63. The van der Waals surface area contributed by atoms with Gasteiger partial charge in [-0.15, -0.1) is 0 Å². The van der Waals surface area contributed by atoms with E-state index in [1.165, 1.54) is 18.2 Å². The molecule has 0 bridgehead atoms. The summed E-state index contributed by atoms with van der Waals surface area (Å²) in [5, 5.41) is 2.57. The molecule has 0 aromatic heterocycles. The summed E-state index contributed by atoms with van der Waals surface area (Å²) in [7, 11) is 0. The van der Waals surface area contributed by atoms with Crippen molar-refractivity contribution in [2.45, 2.75) is 32.0 Å². The summed E-state index contributed by atoms with van der Waals surface area (Å²) in [6, 6.07) is 4.90. The Labute approximate surface area is 121 Å². The Balaban J connectivity index is 2.38. The summed E-state index contributed by atoms with van der Waals surface area (Å²) >= 11 is 0. The van der Waals surface area contributed by atoms with Crippen LogP contribution in [0.15, 0.2) is 24.3 Å². The van der Waals surface area contributed by atoms with Gasteiger partial charge in [0.1, 0.15) is 12.4 Å². The summed E-state index contributed by atoms with van der Waals surface area (Å²) in [5.74, 6) is -0.435. The third kappa shape index (κ3) is 6.48. The van der Waals surface area contributed by atoms with Gasteiger partial charge in [-0.3, -0.25) is 4.79 Å². The lowest BCUT2D eigenvalue weighted by molar-refractivity contribution is -0.139. The third-order valence-corrected chi connectivity index (χ3v) is 2.70. The van der Waals surface area contributed by atoms with E-state index in [4.69, 9.17) is 10.5 Å². The van der Waals surface area contributed by atoms with Crippen LogP contribution in [0.2, 0.25) is 0 Å². The highest BCUT2D eigenvalue weighted by molar-refractivity contribution is 5.75. The molecule has 21 heavy (non-hydrogen) atoms. The molecular weight excluding hydrogens is 285 g/mol. The first-order chi connectivity index (χ1) is 9.80. The van der Waals surface area contributed by atoms with Gasteiger partial charge >= 0.3 is 6.18 Å². The van der Waals surface area contributed by atoms with Gasteiger partial charge in [-0.05, 0) is 25.5 Å². The van der Waals surface area contributed by atoms with Crippen molar-refractivity contribution in [2.24, 2.45) is 5.73 Å². The van der Waals surface area contributed by atoms with E-state index in [1.54, 1.807) is 6.92 Å². The second kappa shape index (κ2) is 7.87. The van der Waals surface area contributed by atoms with Gasteiger partial charge in [0, 0.05) is 12.5 Å². The van der Waals surface area contributed by atoms with Gasteiger partial charge in [0.2, 0.25) is 5.91 Å². The first-order valence-corrected chi connectivity index (χ1v) is 6.62. The predicted octanol–water partition coefficient (Wildman–Crippen LogP) is 2.33. The minimum absolute atomic E-state index is 0.0307. The molecule has 0 aliphatic carbocycles. The molecule has 1 amide bonds. The number of amides is 1. The fraction of sp³-hybridized carbons (Fsp3) is 0.500. The van der Waals surface area contributed by atoms with Crippen molar-refractivity contribution in [2.75, 3.05) is 13.2 Å². The highest BCUT2D eigenvalue weighted by Gasteiger charge is 2.33. The van der Waals surface area contributed by atoms with Crippen LogP contribution in [0.5, 0.6) is 5.75 Å². The number of ether oxygens (including phenoxy) is 1. The van der Waals surface area contributed by atoms with E-state index in [0.717, 1.165) is 6.07 Å².